The highest BCUT2D eigenvalue weighted by Gasteiger charge is 2.38. The predicted molar refractivity (Wildman–Crippen MR) is 55.6 cm³/mol. The van der Waals surface area contributed by atoms with Crippen molar-refractivity contribution in [2.45, 2.75) is 24.7 Å². The van der Waals surface area contributed by atoms with E-state index in [0.717, 1.165) is 23.7 Å². The highest BCUT2D eigenvalue weighted by atomic mass is 19.4. The lowest BCUT2D eigenvalue weighted by Crippen LogP contribution is -2.39. The van der Waals surface area contributed by atoms with E-state index in [1.165, 1.54) is 6.07 Å². The Labute approximate surface area is 96.8 Å². The fourth-order valence-electron chi connectivity index (χ4n) is 2.62. The van der Waals surface area contributed by atoms with Crippen LogP contribution in [0.5, 0.6) is 0 Å². The van der Waals surface area contributed by atoms with Crippen LogP contribution in [-0.4, -0.2) is 19.3 Å². The molecule has 2 nitrogen and oxygen atoms in total. The molecular weight excluding hydrogens is 231 g/mol. The van der Waals surface area contributed by atoms with E-state index >= 15 is 0 Å². The van der Waals surface area contributed by atoms with Gasteiger partial charge in [-0.05, 0) is 23.3 Å². The monoisotopic (exact) mass is 243 g/mol. The molecule has 1 N–H and O–H groups in total. The quantitative estimate of drug-likeness (QED) is 0.754. The second-order valence-electron chi connectivity index (χ2n) is 4.46. The van der Waals surface area contributed by atoms with Crippen molar-refractivity contribution in [3.8, 4) is 0 Å². The van der Waals surface area contributed by atoms with E-state index in [0.29, 0.717) is 13.0 Å². The molecule has 1 aliphatic heterocycles. The summed E-state index contributed by atoms with van der Waals surface area (Å²) in [6.07, 6.45) is -3.71. The van der Waals surface area contributed by atoms with Gasteiger partial charge in [-0.15, -0.1) is 0 Å². The number of ether oxygens (including phenoxy) is 1. The molecule has 0 bridgehead atoms. The molecule has 1 saturated heterocycles. The summed E-state index contributed by atoms with van der Waals surface area (Å²) in [4.78, 5) is 0. The molecule has 0 spiro atoms. The number of rotatable bonds is 0. The standard InChI is InChI=1S/C12H12F3NO/c13-12(14,15)8-1-2-9-7(5-8)6-10-11(9)16-3-4-17-10/h1-2,5,10-11,16H,3-4,6H2/t10?,11-/m0/s1. The Morgan fingerprint density at radius 2 is 2.12 bits per heavy atom. The van der Waals surface area contributed by atoms with E-state index in [1.807, 2.05) is 0 Å². The van der Waals surface area contributed by atoms with E-state index in [1.54, 1.807) is 6.07 Å². The third-order valence-electron chi connectivity index (χ3n) is 3.40. The van der Waals surface area contributed by atoms with Gasteiger partial charge in [0.15, 0.2) is 0 Å². The number of halogens is 3. The van der Waals surface area contributed by atoms with E-state index in [9.17, 15) is 13.2 Å². The summed E-state index contributed by atoms with van der Waals surface area (Å²) < 4.78 is 43.3. The molecule has 1 aromatic carbocycles. The normalized spacial score (nSPS) is 27.7. The summed E-state index contributed by atoms with van der Waals surface area (Å²) in [7, 11) is 0. The minimum Gasteiger partial charge on any atom is -0.375 e. The van der Waals surface area contributed by atoms with Gasteiger partial charge >= 0.3 is 6.18 Å². The first-order valence-electron chi connectivity index (χ1n) is 5.61. The average molecular weight is 243 g/mol. The minimum absolute atomic E-state index is 0.0118. The molecule has 17 heavy (non-hydrogen) atoms. The minimum atomic E-state index is -4.27. The van der Waals surface area contributed by atoms with Gasteiger partial charge in [-0.25, -0.2) is 0 Å². The second-order valence-corrected chi connectivity index (χ2v) is 4.46. The zero-order valence-corrected chi connectivity index (χ0v) is 9.05. The Hall–Kier alpha value is -1.07. The smallest absolute Gasteiger partial charge is 0.375 e. The Morgan fingerprint density at radius 1 is 1.29 bits per heavy atom. The SMILES string of the molecule is FC(F)(F)c1ccc2c(c1)CC1OCCN[C@@H]21. The zero-order chi connectivity index (χ0) is 12.0. The number of morpholine rings is 1. The first-order valence-corrected chi connectivity index (χ1v) is 5.61. The second kappa shape index (κ2) is 3.71. The lowest BCUT2D eigenvalue weighted by Gasteiger charge is -2.27. The molecule has 1 heterocycles. The summed E-state index contributed by atoms with van der Waals surface area (Å²) in [5.41, 5.74) is 1.13. The molecule has 2 atom stereocenters. The number of hydrogen-bond donors (Lipinski definition) is 1. The van der Waals surface area contributed by atoms with Crippen LogP contribution in [0.2, 0.25) is 0 Å². The van der Waals surface area contributed by atoms with Crippen molar-refractivity contribution in [1.29, 1.82) is 0 Å². The van der Waals surface area contributed by atoms with Crippen LogP contribution in [0.4, 0.5) is 13.2 Å². The summed E-state index contributed by atoms with van der Waals surface area (Å²) in [5.74, 6) is 0. The van der Waals surface area contributed by atoms with Crippen molar-refractivity contribution in [2.75, 3.05) is 13.2 Å². The van der Waals surface area contributed by atoms with Gasteiger partial charge in [-0.3, -0.25) is 0 Å². The molecule has 0 amide bonds. The van der Waals surface area contributed by atoms with Crippen molar-refractivity contribution in [2.24, 2.45) is 0 Å². The van der Waals surface area contributed by atoms with Crippen LogP contribution in [0.25, 0.3) is 0 Å². The Bertz CT molecular complexity index is 444. The molecule has 1 unspecified atom stereocenters. The van der Waals surface area contributed by atoms with E-state index in [-0.39, 0.29) is 12.1 Å². The van der Waals surface area contributed by atoms with Gasteiger partial charge in [0.05, 0.1) is 24.3 Å². The maximum atomic E-state index is 12.6. The van der Waals surface area contributed by atoms with Crippen LogP contribution in [0.1, 0.15) is 22.7 Å². The molecule has 0 radical (unpaired) electrons. The third kappa shape index (κ3) is 1.83. The van der Waals surface area contributed by atoms with E-state index in [2.05, 4.69) is 5.32 Å². The maximum absolute atomic E-state index is 12.6. The molecule has 5 heteroatoms. The van der Waals surface area contributed by atoms with Crippen LogP contribution in [-0.2, 0) is 17.3 Å². The fourth-order valence-corrected chi connectivity index (χ4v) is 2.62. The lowest BCUT2D eigenvalue weighted by atomic mass is 10.0. The average Bonchev–Trinajstić information content (AvgIpc) is 2.65. The highest BCUT2D eigenvalue weighted by molar-refractivity contribution is 5.40. The summed E-state index contributed by atoms with van der Waals surface area (Å²) in [5, 5.41) is 3.29. The molecule has 2 aliphatic rings. The molecule has 0 aromatic heterocycles. The molecule has 1 aromatic rings. The summed E-state index contributed by atoms with van der Waals surface area (Å²) >= 11 is 0. The largest absolute Gasteiger partial charge is 0.416 e. The van der Waals surface area contributed by atoms with Crippen LogP contribution < -0.4 is 5.32 Å². The molecular formula is C12H12F3NO. The van der Waals surface area contributed by atoms with Crippen molar-refractivity contribution in [1.82, 2.24) is 5.32 Å². The number of benzene rings is 1. The fraction of sp³-hybridized carbons (Fsp3) is 0.500. The maximum Gasteiger partial charge on any atom is 0.416 e. The van der Waals surface area contributed by atoms with Gasteiger partial charge in [-0.1, -0.05) is 6.07 Å². The Kier molecular flexibility index (Phi) is 2.41. The van der Waals surface area contributed by atoms with Crippen molar-refractivity contribution in [3.05, 3.63) is 34.9 Å². The van der Waals surface area contributed by atoms with Gasteiger partial charge in [0, 0.05) is 13.0 Å². The summed E-state index contributed by atoms with van der Waals surface area (Å²) in [6.45, 7) is 1.38. The molecule has 3 rings (SSSR count). The molecule has 0 saturated carbocycles. The van der Waals surface area contributed by atoms with Crippen molar-refractivity contribution < 1.29 is 17.9 Å². The number of hydrogen-bond acceptors (Lipinski definition) is 2. The predicted octanol–water partition coefficient (Wildman–Crippen LogP) is 2.29. The van der Waals surface area contributed by atoms with Gasteiger partial charge in [-0.2, -0.15) is 13.2 Å². The van der Waals surface area contributed by atoms with Crippen LogP contribution in [0.3, 0.4) is 0 Å². The molecule has 92 valence electrons. The Balaban J connectivity index is 1.97. The number of fused-ring (bicyclic) bond motifs is 3. The third-order valence-corrected chi connectivity index (χ3v) is 3.40. The highest BCUT2D eigenvalue weighted by Crippen LogP contribution is 2.38. The first-order chi connectivity index (χ1) is 8.05. The van der Waals surface area contributed by atoms with Crippen molar-refractivity contribution >= 4 is 0 Å². The number of nitrogens with one attached hydrogen (secondary N) is 1. The van der Waals surface area contributed by atoms with E-state index < -0.39 is 11.7 Å². The topological polar surface area (TPSA) is 21.3 Å². The molecule has 1 fully saturated rings. The molecule has 1 aliphatic carbocycles. The lowest BCUT2D eigenvalue weighted by molar-refractivity contribution is -0.137. The van der Waals surface area contributed by atoms with Gasteiger partial charge < -0.3 is 10.1 Å². The number of alkyl halides is 3. The summed E-state index contributed by atoms with van der Waals surface area (Å²) in [6, 6.07) is 4.03. The van der Waals surface area contributed by atoms with Crippen LogP contribution in [0.15, 0.2) is 18.2 Å². The van der Waals surface area contributed by atoms with E-state index in [4.69, 9.17) is 4.74 Å². The van der Waals surface area contributed by atoms with Gasteiger partial charge in [0.1, 0.15) is 0 Å². The van der Waals surface area contributed by atoms with Gasteiger partial charge in [0.25, 0.3) is 0 Å². The Morgan fingerprint density at radius 3 is 2.88 bits per heavy atom. The van der Waals surface area contributed by atoms with Crippen LogP contribution in [0, 0.1) is 0 Å². The van der Waals surface area contributed by atoms with Crippen LogP contribution >= 0.6 is 0 Å². The van der Waals surface area contributed by atoms with Crippen molar-refractivity contribution in [3.63, 3.8) is 0 Å². The first kappa shape index (κ1) is 11.0. The van der Waals surface area contributed by atoms with Gasteiger partial charge in [0.2, 0.25) is 0 Å². The zero-order valence-electron chi connectivity index (χ0n) is 9.05.